The van der Waals surface area contributed by atoms with Crippen molar-refractivity contribution in [2.45, 2.75) is 57.8 Å². The number of aromatic nitrogens is 3. The number of esters is 1. The van der Waals surface area contributed by atoms with Gasteiger partial charge in [-0.1, -0.05) is 42.5 Å². The van der Waals surface area contributed by atoms with Crippen LogP contribution < -0.4 is 15.5 Å². The first-order chi connectivity index (χ1) is 22.5. The molecule has 0 unspecified atom stereocenters. The number of pyridine rings is 1. The predicted octanol–water partition coefficient (Wildman–Crippen LogP) is 5.54. The molecule has 2 N–H and O–H groups in total. The summed E-state index contributed by atoms with van der Waals surface area (Å²) >= 11 is 0. The second-order valence-electron chi connectivity index (χ2n) is 11.1. The Bertz CT molecular complexity index is 1590. The van der Waals surface area contributed by atoms with Gasteiger partial charge in [0.15, 0.2) is 0 Å². The first kappa shape index (κ1) is 32.2. The molecular formula is C35H39N7O4. The summed E-state index contributed by atoms with van der Waals surface area (Å²) in [6, 6.07) is 23.7. The fourth-order valence-corrected chi connectivity index (χ4v) is 5.55. The summed E-state index contributed by atoms with van der Waals surface area (Å²) in [6.45, 7) is 3.30. The molecule has 11 nitrogen and oxygen atoms in total. The molecule has 2 amide bonds. The van der Waals surface area contributed by atoms with Gasteiger partial charge in [0.05, 0.1) is 31.5 Å². The highest BCUT2D eigenvalue weighted by Gasteiger charge is 2.30. The standard InChI is InChI=1S/C35H39N7O4/c1-2-46-34(43)25-45-19-18-41-24-29(23-39-41)28-9-13-31(14-10-28)42(35(44)38-21-26-6-4-3-5-7-26)32-15-11-30(12-16-32)40-33-17-8-27(20-36)22-37-33/h3-10,13-14,17,22-24,30,32H,2,11-12,15-16,18-19,21,25H2,1H3,(H,37,40)(H,38,44). The number of carbonyl (C=O) groups is 2. The van der Waals surface area contributed by atoms with Crippen molar-refractivity contribution in [2.24, 2.45) is 0 Å². The molecule has 2 aromatic carbocycles. The summed E-state index contributed by atoms with van der Waals surface area (Å²) in [4.78, 5) is 31.4. The molecule has 1 aliphatic carbocycles. The Morgan fingerprint density at radius 2 is 1.78 bits per heavy atom. The summed E-state index contributed by atoms with van der Waals surface area (Å²) in [5, 5.41) is 20.1. The minimum atomic E-state index is -0.378. The number of hydrogen-bond donors (Lipinski definition) is 2. The van der Waals surface area contributed by atoms with E-state index in [-0.39, 0.29) is 30.7 Å². The smallest absolute Gasteiger partial charge is 0.332 e. The van der Waals surface area contributed by atoms with Crippen LogP contribution in [-0.2, 0) is 27.4 Å². The number of nitrogens with one attached hydrogen (secondary N) is 2. The number of urea groups is 1. The monoisotopic (exact) mass is 621 g/mol. The lowest BCUT2D eigenvalue weighted by Gasteiger charge is -2.37. The van der Waals surface area contributed by atoms with Crippen molar-refractivity contribution in [3.8, 4) is 17.2 Å². The topological polar surface area (TPSA) is 134 Å². The number of nitrogens with zero attached hydrogens (tertiary/aromatic N) is 5. The van der Waals surface area contributed by atoms with Gasteiger partial charge in [-0.15, -0.1) is 0 Å². The Kier molecular flexibility index (Phi) is 11.3. The number of nitriles is 1. The molecule has 0 radical (unpaired) electrons. The molecule has 46 heavy (non-hydrogen) atoms. The number of amides is 2. The van der Waals surface area contributed by atoms with Gasteiger partial charge in [-0.2, -0.15) is 10.4 Å². The Hall–Kier alpha value is -5.21. The number of rotatable bonds is 13. The van der Waals surface area contributed by atoms with Crippen molar-refractivity contribution in [1.29, 1.82) is 5.26 Å². The first-order valence-electron chi connectivity index (χ1n) is 15.6. The molecule has 5 rings (SSSR count). The van der Waals surface area contributed by atoms with Crippen LogP contribution in [-0.4, -0.2) is 58.7 Å². The molecule has 1 fully saturated rings. The van der Waals surface area contributed by atoms with Crippen LogP contribution in [0.1, 0.15) is 43.7 Å². The fraction of sp³-hybridized carbons (Fsp3) is 0.343. The molecule has 4 aromatic rings. The van der Waals surface area contributed by atoms with Gasteiger partial charge < -0.3 is 20.1 Å². The van der Waals surface area contributed by atoms with E-state index in [0.29, 0.717) is 31.9 Å². The highest BCUT2D eigenvalue weighted by atomic mass is 16.6. The van der Waals surface area contributed by atoms with Gasteiger partial charge >= 0.3 is 12.0 Å². The number of benzene rings is 2. The van der Waals surface area contributed by atoms with Crippen molar-refractivity contribution in [1.82, 2.24) is 20.1 Å². The molecule has 0 saturated heterocycles. The second-order valence-corrected chi connectivity index (χ2v) is 11.1. The maximum atomic E-state index is 13.7. The van der Waals surface area contributed by atoms with E-state index in [1.807, 2.05) is 71.8 Å². The third-order valence-electron chi connectivity index (χ3n) is 7.91. The van der Waals surface area contributed by atoms with Gasteiger partial charge in [0, 0.05) is 42.3 Å². The lowest BCUT2D eigenvalue weighted by molar-refractivity contribution is -0.148. The number of ether oxygens (including phenoxy) is 2. The Balaban J connectivity index is 1.23. The van der Waals surface area contributed by atoms with Crippen molar-refractivity contribution in [3.05, 3.63) is 96.4 Å². The zero-order chi connectivity index (χ0) is 32.1. The van der Waals surface area contributed by atoms with E-state index in [9.17, 15) is 9.59 Å². The molecule has 0 spiro atoms. The summed E-state index contributed by atoms with van der Waals surface area (Å²) < 4.78 is 12.0. The van der Waals surface area contributed by atoms with Crippen LogP contribution >= 0.6 is 0 Å². The SMILES string of the molecule is CCOC(=O)COCCn1cc(-c2ccc(N(C(=O)NCc3ccccc3)C3CCC(Nc4ccc(C#N)cn4)CC3)cc2)cn1. The summed E-state index contributed by atoms with van der Waals surface area (Å²) in [7, 11) is 0. The van der Waals surface area contributed by atoms with E-state index in [2.05, 4.69) is 26.8 Å². The van der Waals surface area contributed by atoms with Crippen LogP contribution in [0.25, 0.3) is 11.1 Å². The van der Waals surface area contributed by atoms with Crippen LogP contribution in [0.15, 0.2) is 85.3 Å². The highest BCUT2D eigenvalue weighted by Crippen LogP contribution is 2.31. The molecule has 11 heteroatoms. The number of anilines is 2. The van der Waals surface area contributed by atoms with Crippen molar-refractivity contribution < 1.29 is 19.1 Å². The highest BCUT2D eigenvalue weighted by molar-refractivity contribution is 5.93. The molecule has 0 aliphatic heterocycles. The van der Waals surface area contributed by atoms with Crippen molar-refractivity contribution in [3.63, 3.8) is 0 Å². The van der Waals surface area contributed by atoms with Crippen molar-refractivity contribution in [2.75, 3.05) is 30.0 Å². The van der Waals surface area contributed by atoms with Crippen molar-refractivity contribution >= 4 is 23.5 Å². The van der Waals surface area contributed by atoms with Gasteiger partial charge in [0.1, 0.15) is 18.5 Å². The molecule has 0 atom stereocenters. The van der Waals surface area contributed by atoms with E-state index >= 15 is 0 Å². The minimum absolute atomic E-state index is 0.0333. The average Bonchev–Trinajstić information content (AvgIpc) is 3.57. The van der Waals surface area contributed by atoms with Gasteiger partial charge in [0.25, 0.3) is 0 Å². The second kappa shape index (κ2) is 16.2. The van der Waals surface area contributed by atoms with E-state index in [1.54, 1.807) is 30.1 Å². The lowest BCUT2D eigenvalue weighted by atomic mass is 9.89. The molecule has 0 bridgehead atoms. The number of hydrogen-bond acceptors (Lipinski definition) is 8. The minimum Gasteiger partial charge on any atom is -0.464 e. The summed E-state index contributed by atoms with van der Waals surface area (Å²) in [5.74, 6) is 0.375. The molecular weight excluding hydrogens is 582 g/mol. The van der Waals surface area contributed by atoms with Crippen LogP contribution in [0.4, 0.5) is 16.3 Å². The third-order valence-corrected chi connectivity index (χ3v) is 7.91. The predicted molar refractivity (Wildman–Crippen MR) is 175 cm³/mol. The largest absolute Gasteiger partial charge is 0.464 e. The molecule has 238 valence electrons. The summed E-state index contributed by atoms with van der Waals surface area (Å²) in [6.07, 6.45) is 8.74. The van der Waals surface area contributed by atoms with E-state index < -0.39 is 0 Å². The fourth-order valence-electron chi connectivity index (χ4n) is 5.55. The lowest BCUT2D eigenvalue weighted by Crippen LogP contribution is -2.48. The van der Waals surface area contributed by atoms with Gasteiger partial charge in [-0.25, -0.2) is 14.6 Å². The zero-order valence-corrected chi connectivity index (χ0v) is 26.0. The van der Waals surface area contributed by atoms with E-state index in [1.165, 1.54) is 0 Å². The Morgan fingerprint density at radius 1 is 1.00 bits per heavy atom. The normalized spacial score (nSPS) is 15.8. The maximum absolute atomic E-state index is 13.7. The number of carbonyl (C=O) groups excluding carboxylic acids is 2. The average molecular weight is 622 g/mol. The Morgan fingerprint density at radius 3 is 2.48 bits per heavy atom. The summed E-state index contributed by atoms with van der Waals surface area (Å²) in [5.41, 5.74) is 4.33. The molecule has 2 aromatic heterocycles. The van der Waals surface area contributed by atoms with Crippen LogP contribution in [0.5, 0.6) is 0 Å². The first-order valence-corrected chi connectivity index (χ1v) is 15.6. The van der Waals surface area contributed by atoms with Gasteiger partial charge in [-0.3, -0.25) is 9.58 Å². The molecule has 2 heterocycles. The Labute approximate surface area is 269 Å². The van der Waals surface area contributed by atoms with Crippen LogP contribution in [0.3, 0.4) is 0 Å². The van der Waals surface area contributed by atoms with E-state index in [4.69, 9.17) is 14.7 Å². The maximum Gasteiger partial charge on any atom is 0.332 e. The van der Waals surface area contributed by atoms with Gasteiger partial charge in [0.2, 0.25) is 0 Å². The third kappa shape index (κ3) is 8.92. The van der Waals surface area contributed by atoms with E-state index in [0.717, 1.165) is 53.9 Å². The van der Waals surface area contributed by atoms with Crippen LogP contribution in [0.2, 0.25) is 0 Å². The van der Waals surface area contributed by atoms with Gasteiger partial charge in [-0.05, 0) is 68.0 Å². The zero-order valence-electron chi connectivity index (χ0n) is 26.0. The quantitative estimate of drug-likeness (QED) is 0.147. The molecule has 1 aliphatic rings. The van der Waals surface area contributed by atoms with Crippen LogP contribution in [0, 0.1) is 11.3 Å². The molecule has 1 saturated carbocycles.